The SMILES string of the molecule is COc1cc(OC)c(C(=O)/C=C/c2nccn2C)c(OC)c1. The van der Waals surface area contributed by atoms with E-state index in [1.165, 1.54) is 27.4 Å². The van der Waals surface area contributed by atoms with Gasteiger partial charge in [0.25, 0.3) is 0 Å². The van der Waals surface area contributed by atoms with Crippen molar-refractivity contribution in [3.05, 3.63) is 42.0 Å². The van der Waals surface area contributed by atoms with Gasteiger partial charge in [0.2, 0.25) is 0 Å². The zero-order valence-corrected chi connectivity index (χ0v) is 13.0. The van der Waals surface area contributed by atoms with E-state index >= 15 is 0 Å². The fourth-order valence-corrected chi connectivity index (χ4v) is 2.02. The monoisotopic (exact) mass is 302 g/mol. The summed E-state index contributed by atoms with van der Waals surface area (Å²) < 4.78 is 17.5. The quantitative estimate of drug-likeness (QED) is 0.605. The van der Waals surface area contributed by atoms with Crippen molar-refractivity contribution in [2.24, 2.45) is 7.05 Å². The van der Waals surface area contributed by atoms with Gasteiger partial charge < -0.3 is 18.8 Å². The highest BCUT2D eigenvalue weighted by Gasteiger charge is 2.18. The van der Waals surface area contributed by atoms with Crippen molar-refractivity contribution in [1.82, 2.24) is 9.55 Å². The standard InChI is InChI=1S/C16H18N2O4/c1-18-8-7-17-15(18)6-5-12(19)16-13(21-3)9-11(20-2)10-14(16)22-4/h5-10H,1-4H3/b6-5+. The lowest BCUT2D eigenvalue weighted by Gasteiger charge is -2.13. The molecule has 1 heterocycles. The molecule has 0 amide bonds. The number of ether oxygens (including phenoxy) is 3. The van der Waals surface area contributed by atoms with Crippen LogP contribution in [0, 0.1) is 0 Å². The summed E-state index contributed by atoms with van der Waals surface area (Å²) in [5, 5.41) is 0. The minimum Gasteiger partial charge on any atom is -0.496 e. The molecule has 0 saturated carbocycles. The van der Waals surface area contributed by atoms with E-state index in [1.807, 2.05) is 11.6 Å². The number of allylic oxidation sites excluding steroid dienone is 1. The number of hydrogen-bond acceptors (Lipinski definition) is 5. The van der Waals surface area contributed by atoms with Gasteiger partial charge in [-0.25, -0.2) is 4.98 Å². The van der Waals surface area contributed by atoms with Crippen molar-refractivity contribution in [3.8, 4) is 17.2 Å². The third kappa shape index (κ3) is 3.11. The molecule has 0 radical (unpaired) electrons. The molecule has 0 aliphatic heterocycles. The largest absolute Gasteiger partial charge is 0.496 e. The number of nitrogens with zero attached hydrogens (tertiary/aromatic N) is 2. The second-order valence-corrected chi connectivity index (χ2v) is 4.50. The van der Waals surface area contributed by atoms with Crippen LogP contribution in [0.5, 0.6) is 17.2 Å². The Balaban J connectivity index is 2.40. The highest BCUT2D eigenvalue weighted by molar-refractivity contribution is 6.10. The average Bonchev–Trinajstić information content (AvgIpc) is 2.96. The van der Waals surface area contributed by atoms with Crippen molar-refractivity contribution >= 4 is 11.9 Å². The number of carbonyl (C=O) groups excluding carboxylic acids is 1. The van der Waals surface area contributed by atoms with Crippen LogP contribution in [0.25, 0.3) is 6.08 Å². The van der Waals surface area contributed by atoms with Crippen LogP contribution in [-0.2, 0) is 7.05 Å². The lowest BCUT2D eigenvalue weighted by Crippen LogP contribution is -2.03. The molecular formula is C16H18N2O4. The van der Waals surface area contributed by atoms with E-state index in [-0.39, 0.29) is 5.78 Å². The summed E-state index contributed by atoms with van der Waals surface area (Å²) in [5.74, 6) is 1.79. The predicted molar refractivity (Wildman–Crippen MR) is 82.7 cm³/mol. The van der Waals surface area contributed by atoms with Gasteiger partial charge in [0, 0.05) is 31.6 Å². The maximum Gasteiger partial charge on any atom is 0.193 e. The Bertz CT molecular complexity index is 679. The number of aryl methyl sites for hydroxylation is 1. The first-order chi connectivity index (χ1) is 10.6. The van der Waals surface area contributed by atoms with Gasteiger partial charge in [0.1, 0.15) is 28.6 Å². The van der Waals surface area contributed by atoms with Gasteiger partial charge in [-0.2, -0.15) is 0 Å². The predicted octanol–water partition coefficient (Wildman–Crippen LogP) is 2.34. The molecule has 6 nitrogen and oxygen atoms in total. The molecule has 22 heavy (non-hydrogen) atoms. The van der Waals surface area contributed by atoms with Gasteiger partial charge in [-0.05, 0) is 12.2 Å². The van der Waals surface area contributed by atoms with Crippen LogP contribution in [0.3, 0.4) is 0 Å². The van der Waals surface area contributed by atoms with E-state index < -0.39 is 0 Å². The summed E-state index contributed by atoms with van der Waals surface area (Å²) in [6.45, 7) is 0. The minimum absolute atomic E-state index is 0.237. The van der Waals surface area contributed by atoms with Gasteiger partial charge in [-0.3, -0.25) is 4.79 Å². The lowest BCUT2D eigenvalue weighted by atomic mass is 10.1. The van der Waals surface area contributed by atoms with Crippen LogP contribution in [0.1, 0.15) is 16.2 Å². The van der Waals surface area contributed by atoms with E-state index in [2.05, 4.69) is 4.98 Å². The van der Waals surface area contributed by atoms with Crippen molar-refractivity contribution in [2.75, 3.05) is 21.3 Å². The van der Waals surface area contributed by atoms with Crippen molar-refractivity contribution in [2.45, 2.75) is 0 Å². The van der Waals surface area contributed by atoms with Crippen LogP contribution in [-0.4, -0.2) is 36.7 Å². The molecule has 0 N–H and O–H groups in total. The Kier molecular flexibility index (Phi) is 4.83. The molecule has 2 rings (SSSR count). The molecule has 0 aliphatic carbocycles. The zero-order chi connectivity index (χ0) is 16.1. The fraction of sp³-hybridized carbons (Fsp3) is 0.250. The molecule has 6 heteroatoms. The fourth-order valence-electron chi connectivity index (χ4n) is 2.02. The average molecular weight is 302 g/mol. The molecule has 0 saturated heterocycles. The van der Waals surface area contributed by atoms with Gasteiger partial charge in [-0.1, -0.05) is 0 Å². The van der Waals surface area contributed by atoms with Gasteiger partial charge >= 0.3 is 0 Å². The molecular weight excluding hydrogens is 284 g/mol. The summed E-state index contributed by atoms with van der Waals surface area (Å²) in [5.41, 5.74) is 0.344. The zero-order valence-electron chi connectivity index (χ0n) is 13.0. The van der Waals surface area contributed by atoms with Crippen molar-refractivity contribution in [3.63, 3.8) is 0 Å². The Hall–Kier alpha value is -2.76. The first kappa shape index (κ1) is 15.6. The van der Waals surface area contributed by atoms with E-state index in [0.29, 0.717) is 28.6 Å². The smallest absolute Gasteiger partial charge is 0.193 e. The first-order valence-electron chi connectivity index (χ1n) is 6.60. The molecule has 0 atom stereocenters. The van der Waals surface area contributed by atoms with Gasteiger partial charge in [-0.15, -0.1) is 0 Å². The number of imidazole rings is 1. The van der Waals surface area contributed by atoms with Gasteiger partial charge in [0.05, 0.1) is 21.3 Å². The van der Waals surface area contributed by atoms with E-state index in [1.54, 1.807) is 30.6 Å². The number of methoxy groups -OCH3 is 3. The van der Waals surface area contributed by atoms with Crippen molar-refractivity contribution in [1.29, 1.82) is 0 Å². The summed E-state index contributed by atoms with van der Waals surface area (Å²) >= 11 is 0. The van der Waals surface area contributed by atoms with Crippen LogP contribution >= 0.6 is 0 Å². The van der Waals surface area contributed by atoms with Crippen LogP contribution < -0.4 is 14.2 Å². The van der Waals surface area contributed by atoms with E-state index in [9.17, 15) is 4.79 Å². The third-order valence-electron chi connectivity index (χ3n) is 3.20. The van der Waals surface area contributed by atoms with Crippen LogP contribution in [0.2, 0.25) is 0 Å². The minimum atomic E-state index is -0.237. The molecule has 0 spiro atoms. The third-order valence-corrected chi connectivity index (χ3v) is 3.20. The highest BCUT2D eigenvalue weighted by atomic mass is 16.5. The number of aromatic nitrogens is 2. The van der Waals surface area contributed by atoms with Crippen molar-refractivity contribution < 1.29 is 19.0 Å². The second-order valence-electron chi connectivity index (χ2n) is 4.50. The Morgan fingerprint density at radius 3 is 2.23 bits per heavy atom. The molecule has 116 valence electrons. The van der Waals surface area contributed by atoms with Crippen LogP contribution in [0.15, 0.2) is 30.6 Å². The highest BCUT2D eigenvalue weighted by Crippen LogP contribution is 2.34. The first-order valence-corrected chi connectivity index (χ1v) is 6.60. The maximum absolute atomic E-state index is 12.5. The molecule has 1 aromatic carbocycles. The summed E-state index contributed by atoms with van der Waals surface area (Å²) in [6.07, 6.45) is 6.55. The maximum atomic E-state index is 12.5. The summed E-state index contributed by atoms with van der Waals surface area (Å²) in [7, 11) is 6.38. The number of ketones is 1. The number of benzene rings is 1. The lowest BCUT2D eigenvalue weighted by molar-refractivity contribution is 0.104. The normalized spacial score (nSPS) is 10.7. The topological polar surface area (TPSA) is 62.6 Å². The second kappa shape index (κ2) is 6.80. The number of carbonyl (C=O) groups is 1. The summed E-state index contributed by atoms with van der Waals surface area (Å²) in [4.78, 5) is 16.6. The molecule has 0 fully saturated rings. The Labute approximate surface area is 128 Å². The molecule has 0 aliphatic rings. The Morgan fingerprint density at radius 1 is 1.14 bits per heavy atom. The summed E-state index contributed by atoms with van der Waals surface area (Å²) in [6, 6.07) is 3.29. The number of rotatable bonds is 6. The molecule has 0 unspecified atom stereocenters. The Morgan fingerprint density at radius 2 is 1.77 bits per heavy atom. The molecule has 0 bridgehead atoms. The number of hydrogen-bond donors (Lipinski definition) is 0. The van der Waals surface area contributed by atoms with E-state index in [4.69, 9.17) is 14.2 Å². The van der Waals surface area contributed by atoms with Gasteiger partial charge in [0.15, 0.2) is 5.78 Å². The van der Waals surface area contributed by atoms with Crippen LogP contribution in [0.4, 0.5) is 0 Å². The van der Waals surface area contributed by atoms with E-state index in [0.717, 1.165) is 0 Å². The molecule has 2 aromatic rings. The molecule has 1 aromatic heterocycles.